The maximum absolute atomic E-state index is 13.9. The highest BCUT2D eigenvalue weighted by atomic mass is 19.1. The normalized spacial score (nSPS) is 20.1. The molecular weight excluding hydrogens is 369 g/mol. The van der Waals surface area contributed by atoms with E-state index in [2.05, 4.69) is 4.90 Å². The van der Waals surface area contributed by atoms with Crippen molar-refractivity contribution in [1.29, 1.82) is 0 Å². The van der Waals surface area contributed by atoms with Crippen LogP contribution in [0.25, 0.3) is 11.1 Å². The zero-order valence-corrected chi connectivity index (χ0v) is 17.0. The van der Waals surface area contributed by atoms with Crippen LogP contribution in [0.15, 0.2) is 48.5 Å². The van der Waals surface area contributed by atoms with Crippen LogP contribution in [0.1, 0.15) is 37.7 Å². The molecule has 0 bridgehead atoms. The number of halogens is 1. The molecule has 158 valence electrons. The van der Waals surface area contributed by atoms with Gasteiger partial charge >= 0.3 is 0 Å². The number of hydrogen-bond acceptors (Lipinski definition) is 4. The number of hydrogen-bond donors (Lipinski definition) is 2. The lowest BCUT2D eigenvalue weighted by atomic mass is 9.99. The van der Waals surface area contributed by atoms with Crippen LogP contribution in [-0.4, -0.2) is 53.6 Å². The molecule has 2 aromatic rings. The molecule has 2 atom stereocenters. The average Bonchev–Trinajstić information content (AvgIpc) is 2.74. The van der Waals surface area contributed by atoms with Gasteiger partial charge in [-0.1, -0.05) is 42.5 Å². The van der Waals surface area contributed by atoms with Crippen molar-refractivity contribution in [3.63, 3.8) is 0 Å². The van der Waals surface area contributed by atoms with Gasteiger partial charge in [0.15, 0.2) is 0 Å². The lowest BCUT2D eigenvalue weighted by Gasteiger charge is -2.36. The summed E-state index contributed by atoms with van der Waals surface area (Å²) in [7, 11) is 0. The number of rotatable bonds is 10. The molecule has 5 heteroatoms. The molecule has 1 aliphatic rings. The SMILES string of the molecule is OCC1CC(O)CCN1CCCCCOCc1ccc(-c2ccccc2F)cc1. The second-order valence-corrected chi connectivity index (χ2v) is 7.84. The van der Waals surface area contributed by atoms with E-state index in [1.54, 1.807) is 12.1 Å². The van der Waals surface area contributed by atoms with E-state index in [0.29, 0.717) is 18.6 Å². The van der Waals surface area contributed by atoms with Gasteiger partial charge in [0.1, 0.15) is 5.82 Å². The van der Waals surface area contributed by atoms with Gasteiger partial charge in [0.25, 0.3) is 0 Å². The molecule has 1 aliphatic heterocycles. The van der Waals surface area contributed by atoms with E-state index in [0.717, 1.165) is 56.5 Å². The van der Waals surface area contributed by atoms with Crippen LogP contribution in [0.4, 0.5) is 4.39 Å². The lowest BCUT2D eigenvalue weighted by Crippen LogP contribution is -2.46. The van der Waals surface area contributed by atoms with Gasteiger partial charge in [0.05, 0.1) is 19.3 Å². The zero-order valence-electron chi connectivity index (χ0n) is 17.0. The Balaban J connectivity index is 1.30. The molecule has 0 aromatic heterocycles. The highest BCUT2D eigenvalue weighted by Crippen LogP contribution is 2.23. The summed E-state index contributed by atoms with van der Waals surface area (Å²) < 4.78 is 19.6. The van der Waals surface area contributed by atoms with Crippen LogP contribution in [-0.2, 0) is 11.3 Å². The van der Waals surface area contributed by atoms with Gasteiger partial charge in [0.2, 0.25) is 0 Å². The van der Waals surface area contributed by atoms with Gasteiger partial charge in [-0.15, -0.1) is 0 Å². The van der Waals surface area contributed by atoms with E-state index in [1.807, 2.05) is 30.3 Å². The molecule has 0 radical (unpaired) electrons. The summed E-state index contributed by atoms with van der Waals surface area (Å²) in [6, 6.07) is 14.7. The van der Waals surface area contributed by atoms with Crippen molar-refractivity contribution in [3.8, 4) is 11.1 Å². The molecule has 1 heterocycles. The number of piperidine rings is 1. The van der Waals surface area contributed by atoms with E-state index in [9.17, 15) is 14.6 Å². The van der Waals surface area contributed by atoms with Gasteiger partial charge in [-0.05, 0) is 55.8 Å². The van der Waals surface area contributed by atoms with Crippen LogP contribution >= 0.6 is 0 Å². The summed E-state index contributed by atoms with van der Waals surface area (Å²) in [6.45, 7) is 3.24. The summed E-state index contributed by atoms with van der Waals surface area (Å²) in [5, 5.41) is 19.2. The summed E-state index contributed by atoms with van der Waals surface area (Å²) >= 11 is 0. The third-order valence-electron chi connectivity index (χ3n) is 5.66. The molecule has 4 nitrogen and oxygen atoms in total. The molecule has 1 saturated heterocycles. The molecule has 2 N–H and O–H groups in total. The molecule has 1 fully saturated rings. The zero-order chi connectivity index (χ0) is 20.5. The minimum absolute atomic E-state index is 0.0994. The molecule has 29 heavy (non-hydrogen) atoms. The summed E-state index contributed by atoms with van der Waals surface area (Å²) in [6.07, 6.45) is 4.38. The molecule has 3 rings (SSSR count). The largest absolute Gasteiger partial charge is 0.395 e. The number of benzene rings is 2. The van der Waals surface area contributed by atoms with Gasteiger partial charge in [0, 0.05) is 24.8 Å². The van der Waals surface area contributed by atoms with Gasteiger partial charge in [-0.2, -0.15) is 0 Å². The molecular formula is C24H32FNO3. The number of nitrogens with zero attached hydrogens (tertiary/aromatic N) is 1. The first-order chi connectivity index (χ1) is 14.2. The quantitative estimate of drug-likeness (QED) is 0.591. The van der Waals surface area contributed by atoms with Crippen LogP contribution in [0, 0.1) is 5.82 Å². The Hall–Kier alpha value is -1.79. The van der Waals surface area contributed by atoms with Crippen molar-refractivity contribution in [1.82, 2.24) is 4.90 Å². The number of likely N-dealkylation sites (tertiary alicyclic amines) is 1. The fraction of sp³-hybridized carbons (Fsp3) is 0.500. The van der Waals surface area contributed by atoms with E-state index in [4.69, 9.17) is 4.74 Å². The molecule has 0 aliphatic carbocycles. The maximum atomic E-state index is 13.9. The average molecular weight is 402 g/mol. The van der Waals surface area contributed by atoms with E-state index < -0.39 is 0 Å². The number of aliphatic hydroxyl groups excluding tert-OH is 2. The van der Waals surface area contributed by atoms with E-state index in [1.165, 1.54) is 6.07 Å². The Morgan fingerprint density at radius 3 is 2.59 bits per heavy atom. The first-order valence-corrected chi connectivity index (χ1v) is 10.6. The molecule has 0 amide bonds. The third-order valence-corrected chi connectivity index (χ3v) is 5.66. The van der Waals surface area contributed by atoms with Crippen molar-refractivity contribution in [2.45, 2.75) is 50.9 Å². The number of aliphatic hydroxyl groups is 2. The fourth-order valence-electron chi connectivity index (χ4n) is 3.92. The number of unbranched alkanes of at least 4 members (excludes halogenated alkanes) is 2. The van der Waals surface area contributed by atoms with E-state index in [-0.39, 0.29) is 24.6 Å². The van der Waals surface area contributed by atoms with Crippen molar-refractivity contribution < 1.29 is 19.3 Å². The van der Waals surface area contributed by atoms with Crippen LogP contribution in [0.2, 0.25) is 0 Å². The van der Waals surface area contributed by atoms with Crippen molar-refractivity contribution in [2.24, 2.45) is 0 Å². The van der Waals surface area contributed by atoms with Gasteiger partial charge in [-0.25, -0.2) is 4.39 Å². The monoisotopic (exact) mass is 401 g/mol. The molecule has 2 aromatic carbocycles. The molecule has 0 spiro atoms. The first kappa shape index (κ1) is 21.9. The van der Waals surface area contributed by atoms with Crippen molar-refractivity contribution in [2.75, 3.05) is 26.3 Å². The summed E-state index contributed by atoms with van der Waals surface area (Å²) in [5.41, 5.74) is 2.58. The maximum Gasteiger partial charge on any atom is 0.131 e. The summed E-state index contributed by atoms with van der Waals surface area (Å²) in [4.78, 5) is 2.30. The standard InChI is InChI=1S/C24H32FNO3/c25-24-7-3-2-6-23(24)20-10-8-19(9-11-20)18-29-15-5-1-4-13-26-14-12-22(28)16-21(26)17-27/h2-3,6-11,21-22,27-28H,1,4-5,12-18H2. The molecule has 2 unspecified atom stereocenters. The smallest absolute Gasteiger partial charge is 0.131 e. The third kappa shape index (κ3) is 6.61. The Morgan fingerprint density at radius 2 is 1.83 bits per heavy atom. The Bertz CT molecular complexity index is 737. The van der Waals surface area contributed by atoms with Gasteiger partial charge < -0.3 is 14.9 Å². The second-order valence-electron chi connectivity index (χ2n) is 7.84. The minimum atomic E-state index is -0.266. The highest BCUT2D eigenvalue weighted by Gasteiger charge is 2.26. The Kier molecular flexibility index (Phi) is 8.62. The second kappa shape index (κ2) is 11.4. The molecule has 0 saturated carbocycles. The lowest BCUT2D eigenvalue weighted by molar-refractivity contribution is 0.0160. The Labute approximate surface area is 172 Å². The van der Waals surface area contributed by atoms with Crippen LogP contribution in [0.3, 0.4) is 0 Å². The first-order valence-electron chi connectivity index (χ1n) is 10.6. The minimum Gasteiger partial charge on any atom is -0.395 e. The topological polar surface area (TPSA) is 52.9 Å². The predicted molar refractivity (Wildman–Crippen MR) is 113 cm³/mol. The van der Waals surface area contributed by atoms with Crippen molar-refractivity contribution in [3.05, 3.63) is 59.9 Å². The number of ether oxygens (including phenoxy) is 1. The summed E-state index contributed by atoms with van der Waals surface area (Å²) in [5.74, 6) is -0.206. The predicted octanol–water partition coefficient (Wildman–Crippen LogP) is 4.00. The van der Waals surface area contributed by atoms with Crippen molar-refractivity contribution >= 4 is 0 Å². The van der Waals surface area contributed by atoms with Crippen LogP contribution in [0.5, 0.6) is 0 Å². The Morgan fingerprint density at radius 1 is 1.03 bits per heavy atom. The van der Waals surface area contributed by atoms with E-state index >= 15 is 0 Å². The fourth-order valence-corrected chi connectivity index (χ4v) is 3.92. The highest BCUT2D eigenvalue weighted by molar-refractivity contribution is 5.64. The van der Waals surface area contributed by atoms with Crippen LogP contribution < -0.4 is 0 Å². The van der Waals surface area contributed by atoms with Gasteiger partial charge in [-0.3, -0.25) is 4.90 Å².